The maximum atomic E-state index is 8.28. The molecular weight excluding hydrogens is 125 g/mol. The van der Waals surface area contributed by atoms with Crippen LogP contribution in [0.5, 0.6) is 0 Å². The van der Waals surface area contributed by atoms with Gasteiger partial charge in [-0.15, -0.1) is 0 Å². The summed E-state index contributed by atoms with van der Waals surface area (Å²) in [6.45, 7) is 0. The second kappa shape index (κ2) is 45.9. The number of rotatable bonds is 0. The van der Waals surface area contributed by atoms with Crippen molar-refractivity contribution in [3.8, 4) is 0 Å². The zero-order valence-corrected chi connectivity index (χ0v) is 8.53. The summed E-state index contributed by atoms with van der Waals surface area (Å²) in [5.74, 6) is 0. The molecule has 0 N–H and O–H groups in total. The molecule has 0 bridgehead atoms. The molecule has 28 valence electrons. The maximum absolute atomic E-state index is 8.28. The van der Waals surface area contributed by atoms with E-state index >= 15 is 0 Å². The summed E-state index contributed by atoms with van der Waals surface area (Å²) < 4.78 is 8.28. The van der Waals surface area contributed by atoms with E-state index in [0.717, 1.165) is 0 Å². The molecule has 0 aliphatic heterocycles. The van der Waals surface area contributed by atoms with Crippen molar-refractivity contribution in [2.45, 2.75) is 0 Å². The third kappa shape index (κ3) is 28.1. The molecule has 0 atom stereocenters. The first-order valence-electron chi connectivity index (χ1n) is 1.29. The summed E-state index contributed by atoms with van der Waals surface area (Å²) in [6.07, 6.45) is 0. The van der Waals surface area contributed by atoms with Crippen LogP contribution in [0.2, 0.25) is 0 Å². The third-order valence-electron chi connectivity index (χ3n) is 0. The van der Waals surface area contributed by atoms with E-state index in [1.54, 1.807) is 0 Å². The molecule has 0 aromatic carbocycles. The van der Waals surface area contributed by atoms with E-state index in [0.29, 0.717) is 16.2 Å². The molecule has 1 nitrogen and oxygen atoms in total. The minimum atomic E-state index is 0. The summed E-state index contributed by atoms with van der Waals surface area (Å²) in [5.41, 5.74) is 0. The fraction of sp³-hybridized carbons (Fsp3) is 0. The van der Waals surface area contributed by atoms with Gasteiger partial charge in [0, 0.05) is 0 Å². The fourth-order valence-corrected chi connectivity index (χ4v) is 0. The second-order valence-electron chi connectivity index (χ2n) is 0. The summed E-state index contributed by atoms with van der Waals surface area (Å²) >= 11 is 2.06. The summed E-state index contributed by atoms with van der Waals surface area (Å²) in [6, 6.07) is 0. The average Bonchev–Trinajstić information content (AvgIpc) is 1.50. The Hall–Kier alpha value is 1.61. The van der Waals surface area contributed by atoms with Crippen LogP contribution >= 0.6 is 0 Å². The molecule has 0 saturated heterocycles. The van der Waals surface area contributed by atoms with Gasteiger partial charge in [-0.1, -0.05) is 8.80 Å². The quantitative estimate of drug-likeness (QED) is 0.308. The normalized spacial score (nSPS) is 2.20. The zero-order valence-electron chi connectivity index (χ0n) is 3.12. The molecule has 0 saturated carbocycles. The van der Waals surface area contributed by atoms with E-state index in [-0.39, 0.29) is 17.4 Å². The van der Waals surface area contributed by atoms with Gasteiger partial charge in [-0.05, 0) is 0 Å². The molecule has 0 aliphatic rings. The van der Waals surface area contributed by atoms with E-state index in [1.165, 1.54) is 24.4 Å². The molecule has 0 spiro atoms. The van der Waals surface area contributed by atoms with Crippen LogP contribution in [0.1, 0.15) is 0 Å². The Balaban J connectivity index is -0.0000000133. The molecule has 0 aromatic rings. The van der Waals surface area contributed by atoms with Gasteiger partial charge >= 0.3 is 20.0 Å². The van der Waals surface area contributed by atoms with E-state index in [4.69, 9.17) is 3.80 Å². The number of hydrogen-bond acceptors (Lipinski definition) is 1. The predicted molar refractivity (Wildman–Crippen MR) is 36.3 cm³/mol. The first-order chi connectivity index (χ1) is 2.00. The monoisotopic (exact) mass is 134 g/mol. The molecule has 0 rings (SSSR count). The van der Waals surface area contributed by atoms with Crippen LogP contribution in [0.3, 0.4) is 0 Å². The Kier molecular flexibility index (Phi) is 146. The van der Waals surface area contributed by atoms with Crippen LogP contribution in [0.4, 0.5) is 0 Å². The summed E-state index contributed by atoms with van der Waals surface area (Å²) in [5, 5.41) is 0. The molecule has 5 heavy (non-hydrogen) atoms. The van der Waals surface area contributed by atoms with Crippen molar-refractivity contribution in [1.29, 1.82) is 0 Å². The van der Waals surface area contributed by atoms with Crippen LogP contribution in [-0.4, -0.2) is 58.0 Å². The SMILES string of the molecule is [AlH2][SiH3].[AlH3].[O]=[AlH]. The van der Waals surface area contributed by atoms with Crippen molar-refractivity contribution in [3.63, 3.8) is 0 Å². The van der Waals surface area contributed by atoms with Gasteiger partial charge in [0.2, 0.25) is 0 Å². The van der Waals surface area contributed by atoms with Crippen molar-refractivity contribution in [2.75, 3.05) is 0 Å². The summed E-state index contributed by atoms with van der Waals surface area (Å²) in [7, 11) is 1.44. The Morgan fingerprint density at radius 2 is 1.40 bits per heavy atom. The third-order valence-corrected chi connectivity index (χ3v) is 0. The van der Waals surface area contributed by atoms with Gasteiger partial charge in [0.25, 0.3) is 0 Å². The summed E-state index contributed by atoms with van der Waals surface area (Å²) in [4.78, 5) is 0. The van der Waals surface area contributed by atoms with E-state index < -0.39 is 0 Å². The van der Waals surface area contributed by atoms with Crippen molar-refractivity contribution >= 4 is 58.0 Å². The van der Waals surface area contributed by atoms with Gasteiger partial charge < -0.3 is 0 Å². The molecule has 0 fully saturated rings. The van der Waals surface area contributed by atoms with E-state index in [1.807, 2.05) is 0 Å². The molecule has 0 heterocycles. The molecule has 5 heteroatoms. The van der Waals surface area contributed by atoms with Gasteiger partial charge in [0.05, 0.1) is 0 Å². The van der Waals surface area contributed by atoms with Crippen LogP contribution in [0.25, 0.3) is 0 Å². The van der Waals surface area contributed by atoms with Crippen LogP contribution in [-0.2, 0) is 3.80 Å². The first-order valence-corrected chi connectivity index (χ1v) is 9.87. The van der Waals surface area contributed by atoms with E-state index in [2.05, 4.69) is 0 Å². The topological polar surface area (TPSA) is 17.1 Å². The van der Waals surface area contributed by atoms with Gasteiger partial charge in [0.15, 0.2) is 33.0 Å². The van der Waals surface area contributed by atoms with Crippen LogP contribution < -0.4 is 0 Å². The molecule has 0 aromatic heterocycles. The van der Waals surface area contributed by atoms with Crippen molar-refractivity contribution in [3.05, 3.63) is 0 Å². The minimum absolute atomic E-state index is 0. The molecule has 0 aliphatic carbocycles. The molecule has 0 unspecified atom stereocenters. The van der Waals surface area contributed by atoms with Gasteiger partial charge in [0.1, 0.15) is 0 Å². The fourth-order valence-electron chi connectivity index (χ4n) is 0. The average molecular weight is 134 g/mol. The first kappa shape index (κ1) is 16.0. The van der Waals surface area contributed by atoms with Crippen molar-refractivity contribution in [1.82, 2.24) is 0 Å². The molecule has 0 amide bonds. The standard InChI is InChI=1S/3Al.O.H3Si.6H/h;;;;1H3;;;;;;. The van der Waals surface area contributed by atoms with Crippen LogP contribution in [0.15, 0.2) is 0 Å². The Morgan fingerprint density at radius 3 is 1.40 bits per heavy atom. The van der Waals surface area contributed by atoms with Gasteiger partial charge in [-0.2, -0.15) is 0 Å². The second-order valence-corrected chi connectivity index (χ2v) is 0. The molecular formula is H9Al3OSi. The Bertz CT molecular complexity index is 6.85. The van der Waals surface area contributed by atoms with Crippen molar-refractivity contribution in [2.24, 2.45) is 0 Å². The van der Waals surface area contributed by atoms with Gasteiger partial charge in [-0.25, -0.2) is 0 Å². The zero-order chi connectivity index (χ0) is 4.00. The Labute approximate surface area is 61.6 Å². The van der Waals surface area contributed by atoms with E-state index in [9.17, 15) is 0 Å². The van der Waals surface area contributed by atoms with Crippen molar-refractivity contribution < 1.29 is 3.80 Å². The molecule has 0 radical (unpaired) electrons. The van der Waals surface area contributed by atoms with Gasteiger partial charge in [-0.3, -0.25) is 0 Å². The van der Waals surface area contributed by atoms with Crippen LogP contribution in [0, 0.1) is 0 Å². The Morgan fingerprint density at radius 1 is 1.40 bits per heavy atom. The number of hydrogen-bond donors (Lipinski definition) is 0. The predicted octanol–water partition coefficient (Wildman–Crippen LogP) is -4.05.